The summed E-state index contributed by atoms with van der Waals surface area (Å²) >= 11 is 0. The minimum atomic E-state index is -1.04. The molecule has 0 saturated heterocycles. The fraction of sp³-hybridized carbons (Fsp3) is 0.261. The number of hydrogen-bond acceptors (Lipinski definition) is 4. The van der Waals surface area contributed by atoms with Crippen molar-refractivity contribution >= 4 is 22.8 Å². The predicted molar refractivity (Wildman–Crippen MR) is 111 cm³/mol. The van der Waals surface area contributed by atoms with E-state index in [1.165, 1.54) is 6.07 Å². The second kappa shape index (κ2) is 8.73. The zero-order chi connectivity index (χ0) is 21.0. The van der Waals surface area contributed by atoms with E-state index in [1.807, 2.05) is 19.9 Å². The van der Waals surface area contributed by atoms with Crippen LogP contribution in [0.5, 0.6) is 0 Å². The molecule has 6 nitrogen and oxygen atoms in total. The van der Waals surface area contributed by atoms with Crippen LogP contribution in [-0.4, -0.2) is 23.0 Å². The lowest BCUT2D eigenvalue weighted by Crippen LogP contribution is -2.40. The highest BCUT2D eigenvalue weighted by atomic mass is 16.4. The minimum Gasteiger partial charge on any atom is -0.480 e. The number of nitrogens with one attached hydrogen (secondary N) is 1. The first-order chi connectivity index (χ1) is 13.9. The molecule has 1 atom stereocenters. The second-order valence-corrected chi connectivity index (χ2v) is 7.06. The minimum absolute atomic E-state index is 0.132. The summed E-state index contributed by atoms with van der Waals surface area (Å²) in [6.07, 6.45) is 1.96. The number of carbonyl (C=O) groups is 2. The number of amides is 1. The molecule has 0 saturated carbocycles. The molecule has 0 spiro atoms. The van der Waals surface area contributed by atoms with Gasteiger partial charge in [0.05, 0.1) is 5.39 Å². The number of rotatable bonds is 7. The van der Waals surface area contributed by atoms with Gasteiger partial charge in [0.25, 0.3) is 5.91 Å². The number of fused-ring (bicyclic) bond motifs is 1. The van der Waals surface area contributed by atoms with Crippen molar-refractivity contribution in [2.45, 2.75) is 39.2 Å². The Morgan fingerprint density at radius 1 is 1.10 bits per heavy atom. The van der Waals surface area contributed by atoms with E-state index in [2.05, 4.69) is 5.32 Å². The first kappa shape index (κ1) is 20.3. The van der Waals surface area contributed by atoms with Gasteiger partial charge in [0.2, 0.25) is 0 Å². The van der Waals surface area contributed by atoms with Crippen LogP contribution in [0.25, 0.3) is 22.3 Å². The molecule has 2 N–H and O–H groups in total. The maximum atomic E-state index is 12.4. The monoisotopic (exact) mass is 393 g/mol. The molecular weight excluding hydrogens is 370 g/mol. The SMILES string of the molecule is CCCCC(NC(=O)c1ccc(-c2cc(=O)c3cc(C)ccc3o2)cc1)C(=O)O. The Hall–Kier alpha value is -3.41. The molecule has 0 aliphatic carbocycles. The third kappa shape index (κ3) is 4.71. The van der Waals surface area contributed by atoms with E-state index >= 15 is 0 Å². The van der Waals surface area contributed by atoms with Crippen molar-refractivity contribution in [3.05, 3.63) is 69.9 Å². The molecule has 3 rings (SSSR count). The van der Waals surface area contributed by atoms with Gasteiger partial charge in [-0.15, -0.1) is 0 Å². The Morgan fingerprint density at radius 2 is 1.83 bits per heavy atom. The van der Waals surface area contributed by atoms with Gasteiger partial charge in [-0.25, -0.2) is 4.79 Å². The fourth-order valence-corrected chi connectivity index (χ4v) is 3.11. The maximum Gasteiger partial charge on any atom is 0.326 e. The van der Waals surface area contributed by atoms with Crippen LogP contribution in [0.1, 0.15) is 42.1 Å². The molecule has 0 radical (unpaired) electrons. The molecule has 29 heavy (non-hydrogen) atoms. The Bertz CT molecular complexity index is 1100. The van der Waals surface area contributed by atoms with Crippen molar-refractivity contribution in [3.8, 4) is 11.3 Å². The molecule has 3 aromatic rings. The zero-order valence-electron chi connectivity index (χ0n) is 16.4. The topological polar surface area (TPSA) is 96.6 Å². The average Bonchev–Trinajstić information content (AvgIpc) is 2.71. The van der Waals surface area contributed by atoms with Crippen molar-refractivity contribution in [2.24, 2.45) is 0 Å². The van der Waals surface area contributed by atoms with E-state index < -0.39 is 17.9 Å². The molecule has 0 aliphatic rings. The summed E-state index contributed by atoms with van der Waals surface area (Å²) in [7, 11) is 0. The summed E-state index contributed by atoms with van der Waals surface area (Å²) in [5, 5.41) is 12.3. The third-order valence-corrected chi connectivity index (χ3v) is 4.76. The van der Waals surface area contributed by atoms with Gasteiger partial charge in [-0.3, -0.25) is 9.59 Å². The van der Waals surface area contributed by atoms with Crippen molar-refractivity contribution in [1.29, 1.82) is 0 Å². The van der Waals surface area contributed by atoms with Gasteiger partial charge < -0.3 is 14.8 Å². The Morgan fingerprint density at radius 3 is 2.48 bits per heavy atom. The van der Waals surface area contributed by atoms with Crippen molar-refractivity contribution in [2.75, 3.05) is 0 Å². The standard InChI is InChI=1S/C23H23NO5/c1-3-4-5-18(23(27)28)24-22(26)16-9-7-15(8-10-16)21-13-19(25)17-12-14(2)6-11-20(17)29-21/h6-13,18H,3-5H2,1-2H3,(H,24,26)(H,27,28). The van der Waals surface area contributed by atoms with E-state index in [4.69, 9.17) is 4.42 Å². The lowest BCUT2D eigenvalue weighted by Gasteiger charge is -2.14. The van der Waals surface area contributed by atoms with Crippen molar-refractivity contribution in [1.82, 2.24) is 5.32 Å². The summed E-state index contributed by atoms with van der Waals surface area (Å²) in [5.74, 6) is -1.09. The fourth-order valence-electron chi connectivity index (χ4n) is 3.11. The van der Waals surface area contributed by atoms with E-state index in [-0.39, 0.29) is 5.43 Å². The maximum absolute atomic E-state index is 12.4. The molecule has 0 aliphatic heterocycles. The van der Waals surface area contributed by atoms with Gasteiger partial charge in [0.1, 0.15) is 17.4 Å². The van der Waals surface area contributed by atoms with Crippen LogP contribution in [0.15, 0.2) is 57.7 Å². The summed E-state index contributed by atoms with van der Waals surface area (Å²) in [6, 6.07) is 12.5. The number of carboxylic acids is 1. The smallest absolute Gasteiger partial charge is 0.326 e. The van der Waals surface area contributed by atoms with E-state index in [9.17, 15) is 19.5 Å². The van der Waals surface area contributed by atoms with Gasteiger partial charge in [-0.05, 0) is 37.6 Å². The van der Waals surface area contributed by atoms with Crippen LogP contribution in [0.3, 0.4) is 0 Å². The number of carbonyl (C=O) groups excluding carboxylic acids is 1. The van der Waals surface area contributed by atoms with Gasteiger partial charge in [-0.1, -0.05) is 43.5 Å². The summed E-state index contributed by atoms with van der Waals surface area (Å²) in [6.45, 7) is 3.87. The molecule has 6 heteroatoms. The van der Waals surface area contributed by atoms with Crippen LogP contribution in [-0.2, 0) is 4.79 Å². The number of aryl methyl sites for hydroxylation is 1. The first-order valence-electron chi connectivity index (χ1n) is 9.57. The highest BCUT2D eigenvalue weighted by molar-refractivity contribution is 5.97. The van der Waals surface area contributed by atoms with Crippen molar-refractivity contribution < 1.29 is 19.1 Å². The Labute approximate surface area is 168 Å². The van der Waals surface area contributed by atoms with Gasteiger partial charge in [-0.2, -0.15) is 0 Å². The molecule has 1 unspecified atom stereocenters. The molecule has 1 aromatic heterocycles. The summed E-state index contributed by atoms with van der Waals surface area (Å²) in [5.41, 5.74) is 2.34. The Kier molecular flexibility index (Phi) is 6.12. The summed E-state index contributed by atoms with van der Waals surface area (Å²) < 4.78 is 5.85. The average molecular weight is 393 g/mol. The molecule has 1 amide bonds. The first-order valence-corrected chi connectivity index (χ1v) is 9.57. The molecule has 2 aromatic carbocycles. The van der Waals surface area contributed by atoms with Gasteiger partial charge >= 0.3 is 5.97 Å². The number of hydrogen-bond donors (Lipinski definition) is 2. The van der Waals surface area contributed by atoms with E-state index in [0.717, 1.165) is 18.4 Å². The number of aliphatic carboxylic acids is 1. The molecule has 1 heterocycles. The molecule has 0 bridgehead atoms. The lowest BCUT2D eigenvalue weighted by atomic mass is 10.1. The quantitative estimate of drug-likeness (QED) is 0.629. The van der Waals surface area contributed by atoms with Crippen molar-refractivity contribution in [3.63, 3.8) is 0 Å². The largest absolute Gasteiger partial charge is 0.480 e. The Balaban J connectivity index is 1.82. The van der Waals surface area contributed by atoms with Crippen LogP contribution >= 0.6 is 0 Å². The number of benzene rings is 2. The second-order valence-electron chi connectivity index (χ2n) is 7.06. The van der Waals surface area contributed by atoms with Crippen LogP contribution in [0.4, 0.5) is 0 Å². The van der Waals surface area contributed by atoms with Crippen LogP contribution in [0.2, 0.25) is 0 Å². The van der Waals surface area contributed by atoms with Crippen LogP contribution < -0.4 is 10.7 Å². The van der Waals surface area contributed by atoms with Gasteiger partial charge in [0.15, 0.2) is 5.43 Å². The van der Waals surface area contributed by atoms with Gasteiger partial charge in [0, 0.05) is 17.2 Å². The molecular formula is C23H23NO5. The highest BCUT2D eigenvalue weighted by Gasteiger charge is 2.20. The summed E-state index contributed by atoms with van der Waals surface area (Å²) in [4.78, 5) is 36.1. The zero-order valence-corrected chi connectivity index (χ0v) is 16.4. The van der Waals surface area contributed by atoms with E-state index in [0.29, 0.717) is 34.3 Å². The molecule has 150 valence electrons. The third-order valence-electron chi connectivity index (χ3n) is 4.76. The van der Waals surface area contributed by atoms with Crippen LogP contribution in [0, 0.1) is 6.92 Å². The highest BCUT2D eigenvalue weighted by Crippen LogP contribution is 2.23. The normalized spacial score (nSPS) is 11.9. The lowest BCUT2D eigenvalue weighted by molar-refractivity contribution is -0.139. The molecule has 0 fully saturated rings. The predicted octanol–water partition coefficient (Wildman–Crippen LogP) is 4.14. The number of unbranched alkanes of at least 4 members (excludes halogenated alkanes) is 1. The van der Waals surface area contributed by atoms with E-state index in [1.54, 1.807) is 36.4 Å². The number of carboxylic acid groups (broad SMARTS) is 1.